The predicted octanol–water partition coefficient (Wildman–Crippen LogP) is 1.69. The van der Waals surface area contributed by atoms with Gasteiger partial charge >= 0.3 is 12.3 Å². The number of aromatic nitrogens is 3. The summed E-state index contributed by atoms with van der Waals surface area (Å²) in [6, 6.07) is 2.51. The molecule has 4 nitrogen and oxygen atoms in total. The van der Waals surface area contributed by atoms with E-state index in [1.807, 2.05) is 5.10 Å². The predicted molar refractivity (Wildman–Crippen MR) is 50.4 cm³/mol. The molecule has 0 aromatic carbocycles. The Kier molecular flexibility index (Phi) is 2.44. The third kappa shape index (κ3) is 1.79. The van der Waals surface area contributed by atoms with Gasteiger partial charge in [0.2, 0.25) is 0 Å². The zero-order chi connectivity index (χ0) is 12.8. The summed E-state index contributed by atoms with van der Waals surface area (Å²) in [5.74, 6) is -5.64. The van der Waals surface area contributed by atoms with E-state index in [1.165, 1.54) is 12.1 Å². The largest absolute Gasteiger partial charge is 0.365 e. The molecule has 0 bridgehead atoms. The first-order valence-electron chi connectivity index (χ1n) is 4.58. The smallest absolute Gasteiger partial charge is 0.271 e. The highest BCUT2D eigenvalue weighted by molar-refractivity contribution is 5.40. The Labute approximate surface area is 91.9 Å². The van der Waals surface area contributed by atoms with Crippen molar-refractivity contribution >= 4 is 5.65 Å². The van der Waals surface area contributed by atoms with E-state index in [-0.39, 0.29) is 5.65 Å². The maximum Gasteiger partial charge on any atom is 0.365 e. The van der Waals surface area contributed by atoms with Crippen LogP contribution in [0.2, 0.25) is 0 Å². The van der Waals surface area contributed by atoms with E-state index < -0.39 is 23.7 Å². The van der Waals surface area contributed by atoms with Gasteiger partial charge in [-0.3, -0.25) is 9.89 Å². The monoisotopic (exact) mass is 249 g/mol. The average Bonchev–Trinajstić information content (AvgIpc) is 2.61. The second-order valence-corrected chi connectivity index (χ2v) is 3.56. The van der Waals surface area contributed by atoms with Crippen molar-refractivity contribution in [2.24, 2.45) is 0 Å². The molecular weight excluding hydrogens is 242 g/mol. The molecule has 0 aliphatic carbocycles. The summed E-state index contributed by atoms with van der Waals surface area (Å²) in [5, 5.41) is 1.88. The Morgan fingerprint density at radius 1 is 1.41 bits per heavy atom. The highest BCUT2D eigenvalue weighted by Gasteiger charge is 2.46. The van der Waals surface area contributed by atoms with Crippen molar-refractivity contribution in [3.05, 3.63) is 33.9 Å². The van der Waals surface area contributed by atoms with Gasteiger partial charge in [0.15, 0.2) is 11.5 Å². The molecule has 0 radical (unpaired) electrons. The zero-order valence-corrected chi connectivity index (χ0v) is 8.55. The molecule has 92 valence electrons. The van der Waals surface area contributed by atoms with E-state index in [0.29, 0.717) is 10.1 Å². The minimum atomic E-state index is -4.41. The molecule has 1 N–H and O–H groups in total. The number of hydrogen-bond acceptors (Lipinski definition) is 2. The topological polar surface area (TPSA) is 50.2 Å². The average molecular weight is 249 g/mol. The number of alkyl halides is 4. The van der Waals surface area contributed by atoms with Crippen LogP contribution in [0.4, 0.5) is 17.6 Å². The molecule has 2 aromatic heterocycles. The molecule has 0 saturated heterocycles. The van der Waals surface area contributed by atoms with Crippen LogP contribution in [0, 0.1) is 6.92 Å². The lowest BCUT2D eigenvalue weighted by molar-refractivity contribution is -0.140. The molecule has 0 atom stereocenters. The molecule has 2 rings (SSSR count). The van der Waals surface area contributed by atoms with E-state index in [0.717, 1.165) is 0 Å². The number of pyridine rings is 1. The summed E-state index contributed by atoms with van der Waals surface area (Å²) < 4.78 is 50.9. The lowest BCUT2D eigenvalue weighted by Gasteiger charge is -2.10. The molecule has 0 aliphatic heterocycles. The quantitative estimate of drug-likeness (QED) is 0.823. The molecule has 2 heterocycles. The molecule has 0 saturated carbocycles. The van der Waals surface area contributed by atoms with Crippen LogP contribution < -0.4 is 5.56 Å². The number of aromatic amines is 1. The summed E-state index contributed by atoms with van der Waals surface area (Å²) in [5.41, 5.74) is -0.248. The Bertz CT molecular complexity index is 616. The number of nitrogens with one attached hydrogen (secondary N) is 1. The van der Waals surface area contributed by atoms with Gasteiger partial charge in [0.25, 0.3) is 5.56 Å². The standard InChI is InChI=1S/C9H7F4N3O/c1-4-2-5-14-8(9(12,13)7(10)11)15-16(5)6(17)3-4/h2-3,7H,1H3,(H,14,15). The van der Waals surface area contributed by atoms with Crippen molar-refractivity contribution in [2.75, 3.05) is 0 Å². The normalized spacial score (nSPS) is 12.6. The van der Waals surface area contributed by atoms with Gasteiger partial charge in [-0.25, -0.2) is 18.3 Å². The van der Waals surface area contributed by atoms with Gasteiger partial charge in [0.05, 0.1) is 0 Å². The number of hydrogen-bond donors (Lipinski definition) is 1. The molecule has 0 unspecified atom stereocenters. The maximum absolute atomic E-state index is 13.0. The number of nitrogens with zero attached hydrogens (tertiary/aromatic N) is 2. The fraction of sp³-hybridized carbons (Fsp3) is 0.333. The van der Waals surface area contributed by atoms with Crippen LogP contribution in [0.5, 0.6) is 0 Å². The molecule has 2 aromatic rings. The SMILES string of the molecule is Cc1cc(=O)n2[nH]c(C(F)(F)C(F)F)nc2c1. The van der Waals surface area contributed by atoms with Crippen LogP contribution in [-0.4, -0.2) is 21.0 Å². The number of fused-ring (bicyclic) bond motifs is 1. The van der Waals surface area contributed by atoms with Crippen LogP contribution in [0.1, 0.15) is 11.4 Å². The molecule has 8 heteroatoms. The Hall–Kier alpha value is -1.86. The van der Waals surface area contributed by atoms with Gasteiger partial charge in [0.1, 0.15) is 0 Å². The van der Waals surface area contributed by atoms with Crippen LogP contribution in [0.25, 0.3) is 5.65 Å². The van der Waals surface area contributed by atoms with Crippen LogP contribution in [0.15, 0.2) is 16.9 Å². The Morgan fingerprint density at radius 2 is 2.06 bits per heavy atom. The van der Waals surface area contributed by atoms with Crippen LogP contribution >= 0.6 is 0 Å². The third-order valence-corrected chi connectivity index (χ3v) is 2.19. The molecule has 0 amide bonds. The number of halogens is 4. The first kappa shape index (κ1) is 11.6. The van der Waals surface area contributed by atoms with Gasteiger partial charge in [-0.2, -0.15) is 8.78 Å². The van der Waals surface area contributed by atoms with E-state index in [2.05, 4.69) is 4.98 Å². The molecule has 17 heavy (non-hydrogen) atoms. The lowest BCUT2D eigenvalue weighted by atomic mass is 10.3. The van der Waals surface area contributed by atoms with E-state index in [9.17, 15) is 22.4 Å². The Morgan fingerprint density at radius 3 is 2.65 bits per heavy atom. The van der Waals surface area contributed by atoms with Crippen molar-refractivity contribution in [3.63, 3.8) is 0 Å². The second kappa shape index (κ2) is 3.57. The van der Waals surface area contributed by atoms with Gasteiger partial charge in [-0.1, -0.05) is 0 Å². The van der Waals surface area contributed by atoms with Crippen molar-refractivity contribution in [3.8, 4) is 0 Å². The summed E-state index contributed by atoms with van der Waals surface area (Å²) in [6.07, 6.45) is -3.89. The Balaban J connectivity index is 2.67. The number of aryl methyl sites for hydroxylation is 1. The first-order chi connectivity index (χ1) is 7.82. The molecular formula is C9H7F4N3O. The summed E-state index contributed by atoms with van der Waals surface area (Å²) in [4.78, 5) is 14.7. The minimum Gasteiger partial charge on any atom is -0.271 e. The fourth-order valence-electron chi connectivity index (χ4n) is 1.37. The summed E-state index contributed by atoms with van der Waals surface area (Å²) in [7, 11) is 0. The maximum atomic E-state index is 13.0. The second-order valence-electron chi connectivity index (χ2n) is 3.56. The van der Waals surface area contributed by atoms with Crippen molar-refractivity contribution in [1.82, 2.24) is 14.6 Å². The highest BCUT2D eigenvalue weighted by Crippen LogP contribution is 2.32. The molecule has 0 aliphatic rings. The van der Waals surface area contributed by atoms with E-state index in [1.54, 1.807) is 6.92 Å². The summed E-state index contributed by atoms with van der Waals surface area (Å²) >= 11 is 0. The molecule has 0 fully saturated rings. The van der Waals surface area contributed by atoms with Crippen molar-refractivity contribution < 1.29 is 17.6 Å². The first-order valence-corrected chi connectivity index (χ1v) is 4.58. The third-order valence-electron chi connectivity index (χ3n) is 2.19. The van der Waals surface area contributed by atoms with E-state index in [4.69, 9.17) is 0 Å². The summed E-state index contributed by atoms with van der Waals surface area (Å²) in [6.45, 7) is 1.57. The van der Waals surface area contributed by atoms with Crippen molar-refractivity contribution in [2.45, 2.75) is 19.3 Å². The van der Waals surface area contributed by atoms with Crippen LogP contribution in [-0.2, 0) is 5.92 Å². The van der Waals surface area contributed by atoms with Crippen molar-refractivity contribution in [1.29, 1.82) is 0 Å². The molecule has 0 spiro atoms. The van der Waals surface area contributed by atoms with E-state index >= 15 is 0 Å². The van der Waals surface area contributed by atoms with Gasteiger partial charge in [-0.15, -0.1) is 0 Å². The van der Waals surface area contributed by atoms with Gasteiger partial charge in [0, 0.05) is 6.07 Å². The lowest BCUT2D eigenvalue weighted by Crippen LogP contribution is -2.25. The fourth-order valence-corrected chi connectivity index (χ4v) is 1.37. The number of rotatable bonds is 2. The minimum absolute atomic E-state index is 0.120. The van der Waals surface area contributed by atoms with Gasteiger partial charge < -0.3 is 0 Å². The zero-order valence-electron chi connectivity index (χ0n) is 8.55. The highest BCUT2D eigenvalue weighted by atomic mass is 19.3. The van der Waals surface area contributed by atoms with Crippen LogP contribution in [0.3, 0.4) is 0 Å². The number of H-pyrrole nitrogens is 1. The van der Waals surface area contributed by atoms with Gasteiger partial charge in [-0.05, 0) is 18.6 Å².